The highest BCUT2D eigenvalue weighted by molar-refractivity contribution is 7.99. The van der Waals surface area contributed by atoms with E-state index in [0.29, 0.717) is 16.6 Å². The lowest BCUT2D eigenvalue weighted by Crippen LogP contribution is -2.17. The summed E-state index contributed by atoms with van der Waals surface area (Å²) in [5.41, 5.74) is 1.78. The van der Waals surface area contributed by atoms with Crippen molar-refractivity contribution in [3.8, 4) is 5.75 Å². The molecule has 1 aromatic heterocycles. The lowest BCUT2D eigenvalue weighted by molar-refractivity contribution is -0.113. The van der Waals surface area contributed by atoms with Crippen LogP contribution in [0.15, 0.2) is 23.4 Å². The van der Waals surface area contributed by atoms with E-state index in [9.17, 15) is 4.79 Å². The van der Waals surface area contributed by atoms with Gasteiger partial charge in [0.15, 0.2) is 0 Å². The predicted molar refractivity (Wildman–Crippen MR) is 89.8 cm³/mol. The number of aryl methyl sites for hydroxylation is 1. The first kappa shape index (κ1) is 17.3. The Kier molecular flexibility index (Phi) is 5.25. The number of thioether (sulfide) groups is 1. The van der Waals surface area contributed by atoms with Crippen molar-refractivity contribution in [3.63, 3.8) is 0 Å². The van der Waals surface area contributed by atoms with Crippen LogP contribution in [-0.4, -0.2) is 39.0 Å². The Morgan fingerprint density at radius 3 is 2.70 bits per heavy atom. The molecular formula is C15H21N5O2S. The van der Waals surface area contributed by atoms with Crippen LogP contribution >= 0.6 is 11.8 Å². The van der Waals surface area contributed by atoms with Crippen LogP contribution in [0, 0.1) is 0 Å². The minimum absolute atomic E-state index is 0.00913. The maximum atomic E-state index is 12.2. The Hall–Kier alpha value is -2.09. The van der Waals surface area contributed by atoms with Crippen molar-refractivity contribution in [1.82, 2.24) is 20.2 Å². The van der Waals surface area contributed by atoms with Gasteiger partial charge in [0.1, 0.15) is 5.75 Å². The third-order valence-electron chi connectivity index (χ3n) is 3.25. The van der Waals surface area contributed by atoms with Gasteiger partial charge in [-0.2, -0.15) is 0 Å². The Morgan fingerprint density at radius 2 is 2.13 bits per heavy atom. The monoisotopic (exact) mass is 335 g/mol. The number of benzene rings is 1. The fourth-order valence-corrected chi connectivity index (χ4v) is 2.58. The minimum atomic E-state index is -0.137. The fraction of sp³-hybridized carbons (Fsp3) is 0.467. The number of ether oxygens (including phenoxy) is 1. The van der Waals surface area contributed by atoms with E-state index >= 15 is 0 Å². The smallest absolute Gasteiger partial charge is 0.234 e. The molecule has 124 valence electrons. The fourth-order valence-electron chi connectivity index (χ4n) is 1.93. The van der Waals surface area contributed by atoms with Crippen molar-refractivity contribution in [3.05, 3.63) is 23.8 Å². The van der Waals surface area contributed by atoms with Crippen molar-refractivity contribution >= 4 is 23.4 Å². The Labute approximate surface area is 139 Å². The molecule has 0 aliphatic carbocycles. The molecule has 0 radical (unpaired) electrons. The summed E-state index contributed by atoms with van der Waals surface area (Å²) < 4.78 is 6.85. The van der Waals surface area contributed by atoms with Crippen LogP contribution in [0.1, 0.15) is 26.3 Å². The van der Waals surface area contributed by atoms with Gasteiger partial charge in [0.2, 0.25) is 11.1 Å². The number of methoxy groups -OCH3 is 1. The number of carbonyl (C=O) groups is 1. The van der Waals surface area contributed by atoms with Gasteiger partial charge >= 0.3 is 0 Å². The van der Waals surface area contributed by atoms with E-state index in [2.05, 4.69) is 41.6 Å². The Morgan fingerprint density at radius 1 is 1.39 bits per heavy atom. The van der Waals surface area contributed by atoms with E-state index in [-0.39, 0.29) is 17.1 Å². The molecule has 2 aromatic rings. The highest BCUT2D eigenvalue weighted by Gasteiger charge is 2.17. The standard InChI is InChI=1S/C15H21N5O2S/c1-15(2,3)10-6-7-12(22-5)11(8-10)16-13(21)9-23-14-17-18-19-20(14)4/h6-8H,9H2,1-5H3,(H,16,21). The molecule has 23 heavy (non-hydrogen) atoms. The van der Waals surface area contributed by atoms with Gasteiger partial charge in [-0.1, -0.05) is 38.6 Å². The molecular weight excluding hydrogens is 314 g/mol. The summed E-state index contributed by atoms with van der Waals surface area (Å²) in [4.78, 5) is 12.2. The Balaban J connectivity index is 2.08. The highest BCUT2D eigenvalue weighted by atomic mass is 32.2. The lowest BCUT2D eigenvalue weighted by Gasteiger charge is -2.21. The number of hydrogen-bond donors (Lipinski definition) is 1. The molecule has 0 aliphatic rings. The predicted octanol–water partition coefficient (Wildman–Crippen LogP) is 2.25. The normalized spacial score (nSPS) is 11.3. The maximum Gasteiger partial charge on any atom is 0.234 e. The summed E-state index contributed by atoms with van der Waals surface area (Å²) in [6, 6.07) is 5.83. The zero-order valence-electron chi connectivity index (χ0n) is 14.0. The molecule has 0 saturated carbocycles. The van der Waals surface area contributed by atoms with Crippen LogP contribution in [0.2, 0.25) is 0 Å². The van der Waals surface area contributed by atoms with Crippen LogP contribution in [0.5, 0.6) is 5.75 Å². The van der Waals surface area contributed by atoms with Gasteiger partial charge in [0.25, 0.3) is 0 Å². The van der Waals surface area contributed by atoms with Gasteiger partial charge in [-0.05, 0) is 33.5 Å². The number of aromatic nitrogens is 4. The van der Waals surface area contributed by atoms with Gasteiger partial charge in [0, 0.05) is 7.05 Å². The van der Waals surface area contributed by atoms with Crippen LogP contribution in [0.4, 0.5) is 5.69 Å². The van der Waals surface area contributed by atoms with Gasteiger partial charge in [0.05, 0.1) is 18.6 Å². The number of nitrogens with one attached hydrogen (secondary N) is 1. The first-order valence-electron chi connectivity index (χ1n) is 7.15. The molecule has 0 atom stereocenters. The summed E-state index contributed by atoms with van der Waals surface area (Å²) in [5.74, 6) is 0.718. The first-order chi connectivity index (χ1) is 10.8. The van der Waals surface area contributed by atoms with Crippen molar-refractivity contribution < 1.29 is 9.53 Å². The summed E-state index contributed by atoms with van der Waals surface area (Å²) >= 11 is 1.28. The van der Waals surface area contributed by atoms with Crippen LogP contribution in [-0.2, 0) is 17.3 Å². The molecule has 0 unspecified atom stereocenters. The lowest BCUT2D eigenvalue weighted by atomic mass is 9.87. The second-order valence-electron chi connectivity index (χ2n) is 6.09. The number of amides is 1. The largest absolute Gasteiger partial charge is 0.495 e. The highest BCUT2D eigenvalue weighted by Crippen LogP contribution is 2.31. The average Bonchev–Trinajstić information content (AvgIpc) is 2.89. The quantitative estimate of drug-likeness (QED) is 0.844. The SMILES string of the molecule is COc1ccc(C(C)(C)C)cc1NC(=O)CSc1nnnn1C. The van der Waals surface area contributed by atoms with E-state index in [1.165, 1.54) is 16.4 Å². The third-order valence-corrected chi connectivity index (χ3v) is 4.26. The van der Waals surface area contributed by atoms with Crippen molar-refractivity contribution in [2.45, 2.75) is 31.3 Å². The molecule has 8 heteroatoms. The topological polar surface area (TPSA) is 81.9 Å². The average molecular weight is 335 g/mol. The number of anilines is 1. The number of nitrogens with zero attached hydrogens (tertiary/aromatic N) is 4. The number of hydrogen-bond acceptors (Lipinski definition) is 6. The summed E-state index contributed by atoms with van der Waals surface area (Å²) in [6.45, 7) is 6.37. The third kappa shape index (κ3) is 4.44. The number of rotatable bonds is 5. The molecule has 1 aromatic carbocycles. The van der Waals surface area contributed by atoms with E-state index < -0.39 is 0 Å². The maximum absolute atomic E-state index is 12.2. The Bertz CT molecular complexity index is 693. The van der Waals surface area contributed by atoms with Gasteiger partial charge in [-0.25, -0.2) is 4.68 Å². The molecule has 0 fully saturated rings. The van der Waals surface area contributed by atoms with E-state index in [1.54, 1.807) is 14.2 Å². The molecule has 1 heterocycles. The molecule has 7 nitrogen and oxygen atoms in total. The second-order valence-corrected chi connectivity index (χ2v) is 7.03. The zero-order valence-corrected chi connectivity index (χ0v) is 14.8. The molecule has 0 spiro atoms. The van der Waals surface area contributed by atoms with E-state index in [1.807, 2.05) is 18.2 Å². The second kappa shape index (κ2) is 6.99. The molecule has 0 saturated heterocycles. The molecule has 1 amide bonds. The van der Waals surface area contributed by atoms with Crippen LogP contribution in [0.3, 0.4) is 0 Å². The summed E-state index contributed by atoms with van der Waals surface area (Å²) in [6.07, 6.45) is 0. The van der Waals surface area contributed by atoms with Crippen LogP contribution < -0.4 is 10.1 Å². The molecule has 1 N–H and O–H groups in total. The van der Waals surface area contributed by atoms with Gasteiger partial charge in [-0.15, -0.1) is 5.10 Å². The zero-order chi connectivity index (χ0) is 17.0. The molecule has 0 bridgehead atoms. The molecule has 0 aliphatic heterocycles. The van der Waals surface area contributed by atoms with E-state index in [0.717, 1.165) is 5.56 Å². The van der Waals surface area contributed by atoms with Crippen LogP contribution in [0.25, 0.3) is 0 Å². The molecule has 2 rings (SSSR count). The number of carbonyl (C=O) groups excluding carboxylic acids is 1. The van der Waals surface area contributed by atoms with Crippen molar-refractivity contribution in [2.75, 3.05) is 18.2 Å². The van der Waals surface area contributed by atoms with Crippen molar-refractivity contribution in [2.24, 2.45) is 7.05 Å². The summed E-state index contributed by atoms with van der Waals surface area (Å²) in [5, 5.41) is 14.6. The summed E-state index contributed by atoms with van der Waals surface area (Å²) in [7, 11) is 3.32. The van der Waals surface area contributed by atoms with Crippen molar-refractivity contribution in [1.29, 1.82) is 0 Å². The van der Waals surface area contributed by atoms with Gasteiger partial charge in [-0.3, -0.25) is 4.79 Å². The first-order valence-corrected chi connectivity index (χ1v) is 8.13. The number of tetrazole rings is 1. The minimum Gasteiger partial charge on any atom is -0.495 e. The van der Waals surface area contributed by atoms with Gasteiger partial charge < -0.3 is 10.1 Å². The van der Waals surface area contributed by atoms with E-state index in [4.69, 9.17) is 4.74 Å².